The summed E-state index contributed by atoms with van der Waals surface area (Å²) < 4.78 is 11.3. The van der Waals surface area contributed by atoms with E-state index < -0.39 is 5.97 Å². The second-order valence-corrected chi connectivity index (χ2v) is 8.68. The Morgan fingerprint density at radius 1 is 1.14 bits per heavy atom. The van der Waals surface area contributed by atoms with Crippen LogP contribution >= 0.6 is 0 Å². The second-order valence-electron chi connectivity index (χ2n) is 8.68. The highest BCUT2D eigenvalue weighted by Gasteiger charge is 2.38. The average molecular weight is 469 g/mol. The number of nitrogens with zero attached hydrogens (tertiary/aromatic N) is 1. The van der Waals surface area contributed by atoms with E-state index in [1.54, 1.807) is 13.1 Å². The number of aromatic amines is 2. The molecule has 6 rings (SSSR count). The predicted molar refractivity (Wildman–Crippen MR) is 131 cm³/mol. The van der Waals surface area contributed by atoms with E-state index in [1.807, 2.05) is 48.5 Å². The first kappa shape index (κ1) is 21.2. The Hall–Kier alpha value is -4.33. The highest BCUT2D eigenvalue weighted by atomic mass is 16.5. The Morgan fingerprint density at radius 3 is 2.89 bits per heavy atom. The molecule has 0 spiro atoms. The number of anilines is 1. The molecule has 8 heteroatoms. The number of aromatic nitrogens is 3. The maximum absolute atomic E-state index is 13.1. The van der Waals surface area contributed by atoms with Crippen molar-refractivity contribution in [2.45, 2.75) is 32.1 Å². The largest absolute Gasteiger partial charge is 0.461 e. The zero-order chi connectivity index (χ0) is 23.9. The van der Waals surface area contributed by atoms with E-state index in [1.165, 1.54) is 0 Å². The fourth-order valence-corrected chi connectivity index (χ4v) is 4.99. The number of fused-ring (bicyclic) bond motifs is 2. The lowest BCUT2D eigenvalue weighted by molar-refractivity contribution is -0.116. The van der Waals surface area contributed by atoms with Gasteiger partial charge >= 0.3 is 5.97 Å². The zero-order valence-electron chi connectivity index (χ0n) is 19.2. The van der Waals surface area contributed by atoms with Crippen molar-refractivity contribution in [2.24, 2.45) is 0 Å². The molecule has 0 saturated carbocycles. The summed E-state index contributed by atoms with van der Waals surface area (Å²) in [6.07, 6.45) is 3.83. The van der Waals surface area contributed by atoms with Crippen LogP contribution in [0.25, 0.3) is 11.0 Å². The van der Waals surface area contributed by atoms with Gasteiger partial charge in [0, 0.05) is 35.4 Å². The lowest BCUT2D eigenvalue weighted by atomic mass is 9.76. The van der Waals surface area contributed by atoms with Gasteiger partial charge in [-0.25, -0.2) is 4.79 Å². The number of para-hydroxylation sites is 2. The van der Waals surface area contributed by atoms with Crippen LogP contribution in [0.5, 0.6) is 11.8 Å². The van der Waals surface area contributed by atoms with Gasteiger partial charge in [0.1, 0.15) is 11.4 Å². The molecule has 1 unspecified atom stereocenters. The molecule has 2 aromatic heterocycles. The van der Waals surface area contributed by atoms with E-state index in [2.05, 4.69) is 20.3 Å². The Balaban J connectivity index is 1.41. The molecule has 0 bridgehead atoms. The maximum atomic E-state index is 13.1. The SMILES string of the molecule is CCOC(=O)c1[nH]cc2c1NC1=C(C(=O)CCC1)C2c1cccc(Oc2nc3ccccc3[nH]2)c1. The van der Waals surface area contributed by atoms with Crippen LogP contribution in [0.4, 0.5) is 5.69 Å². The number of rotatable bonds is 5. The summed E-state index contributed by atoms with van der Waals surface area (Å²) in [6.45, 7) is 2.06. The van der Waals surface area contributed by atoms with Crippen LogP contribution in [0, 0.1) is 0 Å². The van der Waals surface area contributed by atoms with E-state index >= 15 is 0 Å². The summed E-state index contributed by atoms with van der Waals surface area (Å²) in [7, 11) is 0. The maximum Gasteiger partial charge on any atom is 0.356 e. The molecule has 2 aromatic carbocycles. The van der Waals surface area contributed by atoms with Gasteiger partial charge < -0.3 is 24.8 Å². The minimum absolute atomic E-state index is 0.122. The fourth-order valence-electron chi connectivity index (χ4n) is 4.99. The molecular formula is C27H24N4O4. The average Bonchev–Trinajstić information content (AvgIpc) is 3.46. The molecule has 0 saturated heterocycles. The van der Waals surface area contributed by atoms with Crippen LogP contribution in [0.15, 0.2) is 66.0 Å². The van der Waals surface area contributed by atoms with Gasteiger partial charge in [-0.1, -0.05) is 24.3 Å². The van der Waals surface area contributed by atoms with Gasteiger partial charge in [-0.2, -0.15) is 4.98 Å². The number of ketones is 1. The molecule has 3 N–H and O–H groups in total. The van der Waals surface area contributed by atoms with Gasteiger partial charge in [0.05, 0.1) is 23.3 Å². The molecular weight excluding hydrogens is 444 g/mol. The summed E-state index contributed by atoms with van der Waals surface area (Å²) in [4.78, 5) is 36.4. The molecule has 0 amide bonds. The number of imidazole rings is 1. The Morgan fingerprint density at radius 2 is 2.03 bits per heavy atom. The molecule has 3 heterocycles. The lowest BCUT2D eigenvalue weighted by Crippen LogP contribution is -2.27. The number of H-pyrrole nitrogens is 2. The topological polar surface area (TPSA) is 109 Å². The van der Waals surface area contributed by atoms with Crippen molar-refractivity contribution in [3.63, 3.8) is 0 Å². The second kappa shape index (κ2) is 8.47. The number of hydrogen-bond donors (Lipinski definition) is 3. The van der Waals surface area contributed by atoms with Crippen LogP contribution in [0.1, 0.15) is 53.7 Å². The number of hydrogen-bond acceptors (Lipinski definition) is 6. The third kappa shape index (κ3) is 3.67. The minimum Gasteiger partial charge on any atom is -0.461 e. The minimum atomic E-state index is -0.423. The standard InChI is InChI=1S/C27H24N4O4/c1-2-34-26(33)25-24-17(14-28-25)22(23-20(29-24)11-6-12-21(23)32)15-7-5-8-16(13-15)35-27-30-18-9-3-4-10-19(18)31-27/h3-5,7-10,13-14,22,28-29H,2,6,11-12H2,1H3,(H,30,31). The zero-order valence-corrected chi connectivity index (χ0v) is 19.2. The van der Waals surface area contributed by atoms with Crippen LogP contribution in [0.3, 0.4) is 0 Å². The van der Waals surface area contributed by atoms with Crippen LogP contribution in [-0.4, -0.2) is 33.3 Å². The van der Waals surface area contributed by atoms with Gasteiger partial charge in [0.25, 0.3) is 6.01 Å². The molecule has 2 aliphatic rings. The van der Waals surface area contributed by atoms with E-state index in [0.29, 0.717) is 29.6 Å². The highest BCUT2D eigenvalue weighted by molar-refractivity contribution is 6.03. The predicted octanol–water partition coefficient (Wildman–Crippen LogP) is 5.42. The third-order valence-corrected chi connectivity index (χ3v) is 6.50. The van der Waals surface area contributed by atoms with Gasteiger partial charge in [-0.05, 0) is 49.6 Å². The summed E-state index contributed by atoms with van der Waals surface area (Å²) >= 11 is 0. The number of esters is 1. The van der Waals surface area contributed by atoms with E-state index in [0.717, 1.165) is 46.3 Å². The Labute approximate surface area is 201 Å². The van der Waals surface area contributed by atoms with E-state index in [4.69, 9.17) is 9.47 Å². The number of benzene rings is 2. The van der Waals surface area contributed by atoms with Crippen molar-refractivity contribution in [3.05, 3.63) is 82.8 Å². The van der Waals surface area contributed by atoms with Gasteiger partial charge in [-0.15, -0.1) is 0 Å². The molecule has 35 heavy (non-hydrogen) atoms. The van der Waals surface area contributed by atoms with E-state index in [9.17, 15) is 9.59 Å². The summed E-state index contributed by atoms with van der Waals surface area (Å²) in [5.74, 6) is -0.0223. The number of Topliss-reactive ketones (excluding diaryl/α,β-unsaturated/α-hetero) is 1. The van der Waals surface area contributed by atoms with Gasteiger partial charge in [0.15, 0.2) is 5.78 Å². The normalized spacial score (nSPS) is 17.1. The molecule has 1 aliphatic carbocycles. The summed E-state index contributed by atoms with van der Waals surface area (Å²) in [5, 5.41) is 3.37. The smallest absolute Gasteiger partial charge is 0.356 e. The van der Waals surface area contributed by atoms with Crippen molar-refractivity contribution in [2.75, 3.05) is 11.9 Å². The number of carbonyl (C=O) groups is 2. The molecule has 1 atom stereocenters. The van der Waals surface area contributed by atoms with Crippen LogP contribution in [-0.2, 0) is 9.53 Å². The van der Waals surface area contributed by atoms with Crippen LogP contribution < -0.4 is 10.1 Å². The highest BCUT2D eigenvalue weighted by Crippen LogP contribution is 2.47. The van der Waals surface area contributed by atoms with Crippen molar-refractivity contribution in [1.29, 1.82) is 0 Å². The Kier molecular flexibility index (Phi) is 5.13. The van der Waals surface area contributed by atoms with Crippen molar-refractivity contribution >= 4 is 28.5 Å². The summed E-state index contributed by atoms with van der Waals surface area (Å²) in [6, 6.07) is 15.8. The monoisotopic (exact) mass is 468 g/mol. The quantitative estimate of drug-likeness (QED) is 0.337. The molecule has 0 radical (unpaired) electrons. The van der Waals surface area contributed by atoms with Crippen molar-refractivity contribution in [1.82, 2.24) is 15.0 Å². The first-order valence-corrected chi connectivity index (χ1v) is 11.8. The molecule has 8 nitrogen and oxygen atoms in total. The molecule has 4 aromatic rings. The number of nitrogens with one attached hydrogen (secondary N) is 3. The molecule has 176 valence electrons. The number of allylic oxidation sites excluding steroid dienone is 2. The third-order valence-electron chi connectivity index (χ3n) is 6.50. The summed E-state index contributed by atoms with van der Waals surface area (Å²) in [5.41, 5.74) is 6.11. The van der Waals surface area contributed by atoms with E-state index in [-0.39, 0.29) is 18.3 Å². The number of carbonyl (C=O) groups excluding carboxylic acids is 2. The first-order chi connectivity index (χ1) is 17.1. The van der Waals surface area contributed by atoms with Gasteiger partial charge in [-0.3, -0.25) is 4.79 Å². The molecule has 1 aliphatic heterocycles. The molecule has 0 fully saturated rings. The first-order valence-electron chi connectivity index (χ1n) is 11.8. The van der Waals surface area contributed by atoms with Crippen molar-refractivity contribution in [3.8, 4) is 11.8 Å². The Bertz CT molecular complexity index is 1460. The van der Waals surface area contributed by atoms with Gasteiger partial charge in [0.2, 0.25) is 0 Å². The fraction of sp³-hybridized carbons (Fsp3) is 0.222. The number of ether oxygens (including phenoxy) is 2. The van der Waals surface area contributed by atoms with Crippen molar-refractivity contribution < 1.29 is 19.1 Å². The lowest BCUT2D eigenvalue weighted by Gasteiger charge is -2.32. The van der Waals surface area contributed by atoms with Crippen LogP contribution in [0.2, 0.25) is 0 Å².